The number of nitrogens with one attached hydrogen (secondary N) is 1. The molecule has 0 aromatic heterocycles. The van der Waals surface area contributed by atoms with Gasteiger partial charge in [-0.1, -0.05) is 0 Å². The van der Waals surface area contributed by atoms with E-state index in [2.05, 4.69) is 5.32 Å². The van der Waals surface area contributed by atoms with E-state index in [9.17, 15) is 8.78 Å². The lowest BCUT2D eigenvalue weighted by atomic mass is 10.1. The second-order valence-corrected chi connectivity index (χ2v) is 3.97. The molecule has 1 aromatic carbocycles. The van der Waals surface area contributed by atoms with Gasteiger partial charge in [-0.2, -0.15) is 0 Å². The molecule has 0 radical (unpaired) electrons. The average Bonchev–Trinajstić information content (AvgIpc) is 2.99. The molecule has 1 aromatic rings. The number of halogens is 2. The number of benzene rings is 1. The highest BCUT2D eigenvalue weighted by Crippen LogP contribution is 2.32. The normalized spacial score (nSPS) is 15.7. The lowest BCUT2D eigenvalue weighted by Gasteiger charge is -2.11. The van der Waals surface area contributed by atoms with Crippen molar-refractivity contribution in [3.8, 4) is 0 Å². The van der Waals surface area contributed by atoms with Gasteiger partial charge in [-0.3, -0.25) is 0 Å². The van der Waals surface area contributed by atoms with Crippen LogP contribution in [-0.4, -0.2) is 6.54 Å². The van der Waals surface area contributed by atoms with Gasteiger partial charge >= 0.3 is 0 Å². The fraction of sp³-hybridized carbons (Fsp3) is 0.455. The second-order valence-electron chi connectivity index (χ2n) is 3.97. The quantitative estimate of drug-likeness (QED) is 0.753. The summed E-state index contributed by atoms with van der Waals surface area (Å²) in [6.07, 6.45) is -0.0759. The maximum absolute atomic E-state index is 12.7. The molecule has 2 rings (SSSR count). The molecule has 4 heteroatoms. The Morgan fingerprint density at radius 3 is 2.73 bits per heavy atom. The molecule has 2 nitrogen and oxygen atoms in total. The van der Waals surface area contributed by atoms with E-state index in [0.29, 0.717) is 17.3 Å². The Morgan fingerprint density at radius 1 is 1.40 bits per heavy atom. The highest BCUT2D eigenvalue weighted by Gasteiger charge is 2.21. The number of rotatable bonds is 4. The standard InChI is InChI=1S/C11H14F2N2/c12-11(13)9-5-8(14)3-4-10(9)15-6-7-1-2-7/h3-5,7,11,15H,1-2,6,14H2. The van der Waals surface area contributed by atoms with Crippen LogP contribution in [0.3, 0.4) is 0 Å². The molecule has 0 bridgehead atoms. The van der Waals surface area contributed by atoms with Crippen LogP contribution in [0.1, 0.15) is 24.8 Å². The molecular weight excluding hydrogens is 198 g/mol. The van der Waals surface area contributed by atoms with Crippen molar-refractivity contribution in [3.63, 3.8) is 0 Å². The van der Waals surface area contributed by atoms with Crippen LogP contribution in [0.4, 0.5) is 20.2 Å². The van der Waals surface area contributed by atoms with Crippen LogP contribution < -0.4 is 11.1 Å². The van der Waals surface area contributed by atoms with Gasteiger partial charge in [-0.05, 0) is 37.0 Å². The molecule has 0 amide bonds. The third-order valence-corrected chi connectivity index (χ3v) is 2.59. The fourth-order valence-electron chi connectivity index (χ4n) is 1.50. The van der Waals surface area contributed by atoms with Crippen LogP contribution in [0.2, 0.25) is 0 Å². The van der Waals surface area contributed by atoms with E-state index in [-0.39, 0.29) is 5.56 Å². The zero-order valence-corrected chi connectivity index (χ0v) is 8.34. The maximum atomic E-state index is 12.7. The number of nitrogens with two attached hydrogens (primary N) is 1. The number of hydrogen-bond donors (Lipinski definition) is 2. The van der Waals surface area contributed by atoms with Crippen LogP contribution in [0.5, 0.6) is 0 Å². The van der Waals surface area contributed by atoms with E-state index in [0.717, 1.165) is 6.54 Å². The zero-order chi connectivity index (χ0) is 10.8. The average molecular weight is 212 g/mol. The van der Waals surface area contributed by atoms with E-state index >= 15 is 0 Å². The lowest BCUT2D eigenvalue weighted by Crippen LogP contribution is -2.06. The van der Waals surface area contributed by atoms with Crippen molar-refractivity contribution < 1.29 is 8.78 Å². The van der Waals surface area contributed by atoms with Crippen molar-refractivity contribution in [2.75, 3.05) is 17.6 Å². The van der Waals surface area contributed by atoms with Gasteiger partial charge in [0.1, 0.15) is 0 Å². The summed E-state index contributed by atoms with van der Waals surface area (Å²) in [5, 5.41) is 3.05. The van der Waals surface area contributed by atoms with Crippen LogP contribution in [0.25, 0.3) is 0 Å². The molecule has 0 unspecified atom stereocenters. The number of anilines is 2. The van der Waals surface area contributed by atoms with Crippen LogP contribution in [0.15, 0.2) is 18.2 Å². The molecule has 15 heavy (non-hydrogen) atoms. The summed E-state index contributed by atoms with van der Waals surface area (Å²) in [5.74, 6) is 0.660. The van der Waals surface area contributed by atoms with Crippen molar-refractivity contribution in [1.82, 2.24) is 0 Å². The molecule has 0 atom stereocenters. The summed E-state index contributed by atoms with van der Waals surface area (Å²) in [4.78, 5) is 0. The van der Waals surface area contributed by atoms with Crippen molar-refractivity contribution in [2.45, 2.75) is 19.3 Å². The predicted molar refractivity (Wildman–Crippen MR) is 57.0 cm³/mol. The number of hydrogen-bond acceptors (Lipinski definition) is 2. The highest BCUT2D eigenvalue weighted by atomic mass is 19.3. The van der Waals surface area contributed by atoms with Crippen molar-refractivity contribution in [2.24, 2.45) is 5.92 Å². The van der Waals surface area contributed by atoms with Crippen LogP contribution in [-0.2, 0) is 0 Å². The topological polar surface area (TPSA) is 38.0 Å². The summed E-state index contributed by atoms with van der Waals surface area (Å²) >= 11 is 0. The summed E-state index contributed by atoms with van der Waals surface area (Å²) in [7, 11) is 0. The molecule has 0 aliphatic heterocycles. The van der Waals surface area contributed by atoms with Crippen LogP contribution in [0, 0.1) is 5.92 Å². The van der Waals surface area contributed by atoms with Gasteiger partial charge in [-0.15, -0.1) is 0 Å². The Hall–Kier alpha value is -1.32. The summed E-state index contributed by atoms with van der Waals surface area (Å²) in [6.45, 7) is 0.781. The minimum Gasteiger partial charge on any atom is -0.399 e. The predicted octanol–water partition coefficient (Wildman–Crippen LogP) is 3.03. The van der Waals surface area contributed by atoms with E-state index in [1.54, 1.807) is 12.1 Å². The molecule has 0 spiro atoms. The maximum Gasteiger partial charge on any atom is 0.265 e. The van der Waals surface area contributed by atoms with E-state index in [1.807, 2.05) is 0 Å². The first kappa shape index (κ1) is 10.2. The van der Waals surface area contributed by atoms with Crippen molar-refractivity contribution >= 4 is 11.4 Å². The van der Waals surface area contributed by atoms with Crippen LogP contribution >= 0.6 is 0 Å². The van der Waals surface area contributed by atoms with E-state index in [4.69, 9.17) is 5.73 Å². The van der Waals surface area contributed by atoms with Crippen molar-refractivity contribution in [1.29, 1.82) is 0 Å². The molecule has 1 aliphatic rings. The van der Waals surface area contributed by atoms with Gasteiger partial charge in [-0.25, -0.2) is 8.78 Å². The smallest absolute Gasteiger partial charge is 0.265 e. The SMILES string of the molecule is Nc1ccc(NCC2CC2)c(C(F)F)c1. The summed E-state index contributed by atoms with van der Waals surface area (Å²) in [6, 6.07) is 4.60. The molecule has 0 heterocycles. The van der Waals surface area contributed by atoms with E-state index in [1.165, 1.54) is 18.9 Å². The number of alkyl halides is 2. The van der Waals surface area contributed by atoms with Gasteiger partial charge < -0.3 is 11.1 Å². The van der Waals surface area contributed by atoms with Gasteiger partial charge in [0.2, 0.25) is 0 Å². The lowest BCUT2D eigenvalue weighted by molar-refractivity contribution is 0.152. The molecule has 1 saturated carbocycles. The molecule has 1 aliphatic carbocycles. The zero-order valence-electron chi connectivity index (χ0n) is 8.34. The minimum atomic E-state index is -2.48. The summed E-state index contributed by atoms with van der Waals surface area (Å²) < 4.78 is 25.3. The second kappa shape index (κ2) is 4.04. The van der Waals surface area contributed by atoms with E-state index < -0.39 is 6.43 Å². The fourth-order valence-corrected chi connectivity index (χ4v) is 1.50. The first-order valence-corrected chi connectivity index (χ1v) is 5.08. The molecule has 82 valence electrons. The number of nitrogen functional groups attached to an aromatic ring is 1. The third-order valence-electron chi connectivity index (χ3n) is 2.59. The summed E-state index contributed by atoms with van der Waals surface area (Å²) in [5.41, 5.74) is 6.35. The van der Waals surface area contributed by atoms with Gasteiger partial charge in [0.25, 0.3) is 6.43 Å². The third kappa shape index (κ3) is 2.58. The largest absolute Gasteiger partial charge is 0.399 e. The Labute approximate surface area is 87.5 Å². The molecular formula is C11H14F2N2. The minimum absolute atomic E-state index is 0.00403. The Kier molecular flexibility index (Phi) is 2.75. The monoisotopic (exact) mass is 212 g/mol. The first-order chi connectivity index (χ1) is 7.16. The molecule has 0 saturated heterocycles. The van der Waals surface area contributed by atoms with Crippen molar-refractivity contribution in [3.05, 3.63) is 23.8 Å². The molecule has 3 N–H and O–H groups in total. The Morgan fingerprint density at radius 2 is 2.13 bits per heavy atom. The van der Waals surface area contributed by atoms with Gasteiger partial charge in [0.05, 0.1) is 0 Å². The Balaban J connectivity index is 2.12. The Bertz CT molecular complexity index is 348. The highest BCUT2D eigenvalue weighted by molar-refractivity contribution is 5.58. The van der Waals surface area contributed by atoms with Gasteiger partial charge in [0.15, 0.2) is 0 Å². The first-order valence-electron chi connectivity index (χ1n) is 5.08. The molecule has 1 fully saturated rings. The van der Waals surface area contributed by atoms with Gasteiger partial charge in [0, 0.05) is 23.5 Å².